The molecule has 0 atom stereocenters. The van der Waals surface area contributed by atoms with Crippen LogP contribution in [0.25, 0.3) is 0 Å². The van der Waals surface area contributed by atoms with E-state index in [1.807, 2.05) is 0 Å². The van der Waals surface area contributed by atoms with Gasteiger partial charge in [-0.2, -0.15) is 0 Å². The number of carbonyl (C=O) groups excluding carboxylic acids is 1. The number of aromatic nitrogens is 2. The van der Waals surface area contributed by atoms with Gasteiger partial charge >= 0.3 is 0 Å². The van der Waals surface area contributed by atoms with Gasteiger partial charge in [-0.3, -0.25) is 4.79 Å². The molecule has 14 heavy (non-hydrogen) atoms. The van der Waals surface area contributed by atoms with Gasteiger partial charge in [0.05, 0.1) is 0 Å². The van der Waals surface area contributed by atoms with Crippen LogP contribution in [0.2, 0.25) is 5.15 Å². The number of hydrogen-bond acceptors (Lipinski definition) is 4. The summed E-state index contributed by atoms with van der Waals surface area (Å²) in [6.07, 6.45) is 4.14. The summed E-state index contributed by atoms with van der Waals surface area (Å²) in [5.41, 5.74) is 5.18. The standard InChI is InChI=1S/C8H9ClN4O/c9-6-4-7(12-5-11-6)13-8(14)2-1-3-10/h1-2,4-5H,3,10H2,(H,11,12,13,14)/b2-1+. The third-order valence-corrected chi connectivity index (χ3v) is 1.50. The van der Waals surface area contributed by atoms with Crippen LogP contribution in [0.1, 0.15) is 0 Å². The predicted octanol–water partition coefficient (Wildman–Crippen LogP) is 0.583. The summed E-state index contributed by atoms with van der Waals surface area (Å²) in [6, 6.07) is 1.45. The van der Waals surface area contributed by atoms with Crippen molar-refractivity contribution in [1.29, 1.82) is 0 Å². The minimum Gasteiger partial charge on any atom is -0.327 e. The van der Waals surface area contributed by atoms with Gasteiger partial charge < -0.3 is 11.1 Å². The normalized spacial score (nSPS) is 10.4. The average Bonchev–Trinajstić information content (AvgIpc) is 2.15. The third-order valence-electron chi connectivity index (χ3n) is 1.29. The number of nitrogens with zero attached hydrogens (tertiary/aromatic N) is 2. The highest BCUT2D eigenvalue weighted by molar-refractivity contribution is 6.29. The van der Waals surface area contributed by atoms with Crippen molar-refractivity contribution < 1.29 is 4.79 Å². The highest BCUT2D eigenvalue weighted by Gasteiger charge is 1.99. The van der Waals surface area contributed by atoms with E-state index in [4.69, 9.17) is 17.3 Å². The third kappa shape index (κ3) is 3.51. The largest absolute Gasteiger partial charge is 0.327 e. The van der Waals surface area contributed by atoms with E-state index in [1.54, 1.807) is 0 Å². The first kappa shape index (κ1) is 10.6. The van der Waals surface area contributed by atoms with Crippen LogP contribution in [0.4, 0.5) is 5.82 Å². The van der Waals surface area contributed by atoms with Crippen LogP contribution in [0.15, 0.2) is 24.5 Å². The average molecular weight is 213 g/mol. The molecule has 5 nitrogen and oxygen atoms in total. The summed E-state index contributed by atoms with van der Waals surface area (Å²) in [5, 5.41) is 2.78. The van der Waals surface area contributed by atoms with Gasteiger partial charge in [0.25, 0.3) is 0 Å². The van der Waals surface area contributed by atoms with Crippen LogP contribution < -0.4 is 11.1 Å². The second kappa shape index (κ2) is 5.31. The molecule has 6 heteroatoms. The molecule has 1 aromatic rings. The van der Waals surface area contributed by atoms with Crippen molar-refractivity contribution in [2.75, 3.05) is 11.9 Å². The lowest BCUT2D eigenvalue weighted by molar-refractivity contribution is -0.111. The Balaban J connectivity index is 2.60. The molecule has 0 radical (unpaired) electrons. The van der Waals surface area contributed by atoms with Gasteiger partial charge in [-0.15, -0.1) is 0 Å². The van der Waals surface area contributed by atoms with Gasteiger partial charge in [0, 0.05) is 18.7 Å². The molecule has 0 saturated carbocycles. The van der Waals surface area contributed by atoms with Gasteiger partial charge in [0.15, 0.2) is 0 Å². The summed E-state index contributed by atoms with van der Waals surface area (Å²) in [5.74, 6) is 0.0573. The fourth-order valence-electron chi connectivity index (χ4n) is 0.745. The minimum absolute atomic E-state index is 0.276. The molecule has 1 amide bonds. The Kier molecular flexibility index (Phi) is 4.03. The highest BCUT2D eigenvalue weighted by Crippen LogP contribution is 2.07. The first-order valence-electron chi connectivity index (χ1n) is 3.87. The summed E-state index contributed by atoms with van der Waals surface area (Å²) in [6.45, 7) is 0.317. The van der Waals surface area contributed by atoms with Gasteiger partial charge in [-0.1, -0.05) is 17.7 Å². The first-order chi connectivity index (χ1) is 6.72. The number of amides is 1. The zero-order chi connectivity index (χ0) is 10.4. The van der Waals surface area contributed by atoms with Gasteiger partial charge in [0.1, 0.15) is 17.3 Å². The maximum absolute atomic E-state index is 11.1. The van der Waals surface area contributed by atoms with Crippen molar-refractivity contribution in [2.45, 2.75) is 0 Å². The number of carbonyl (C=O) groups is 1. The molecule has 1 heterocycles. The summed E-state index contributed by atoms with van der Waals surface area (Å²) in [7, 11) is 0. The molecule has 0 aliphatic rings. The molecule has 74 valence electrons. The molecule has 0 unspecified atom stereocenters. The lowest BCUT2D eigenvalue weighted by atomic mass is 10.4. The zero-order valence-corrected chi connectivity index (χ0v) is 8.03. The monoisotopic (exact) mass is 212 g/mol. The van der Waals surface area contributed by atoms with Crippen molar-refractivity contribution in [3.8, 4) is 0 Å². The molecule has 1 aromatic heterocycles. The Morgan fingerprint density at radius 2 is 2.43 bits per heavy atom. The van der Waals surface area contributed by atoms with E-state index in [0.717, 1.165) is 0 Å². The van der Waals surface area contributed by atoms with Crippen LogP contribution in [0, 0.1) is 0 Å². The smallest absolute Gasteiger partial charge is 0.249 e. The van der Waals surface area contributed by atoms with Gasteiger partial charge in [0.2, 0.25) is 5.91 Å². The van der Waals surface area contributed by atoms with Crippen molar-refractivity contribution in [1.82, 2.24) is 9.97 Å². The van der Waals surface area contributed by atoms with E-state index in [0.29, 0.717) is 12.4 Å². The molecule has 0 spiro atoms. The Hall–Kier alpha value is -1.46. The fourth-order valence-corrected chi connectivity index (χ4v) is 0.892. The minimum atomic E-state index is -0.301. The molecule has 0 fully saturated rings. The molecular weight excluding hydrogens is 204 g/mol. The number of hydrogen-bond donors (Lipinski definition) is 2. The molecule has 0 aromatic carbocycles. The lowest BCUT2D eigenvalue weighted by Crippen LogP contribution is -2.10. The quantitative estimate of drug-likeness (QED) is 0.568. The predicted molar refractivity (Wildman–Crippen MR) is 53.9 cm³/mol. The number of halogens is 1. The van der Waals surface area contributed by atoms with E-state index in [9.17, 15) is 4.79 Å². The number of nitrogens with two attached hydrogens (primary N) is 1. The topological polar surface area (TPSA) is 80.9 Å². The van der Waals surface area contributed by atoms with Crippen molar-refractivity contribution >= 4 is 23.3 Å². The summed E-state index contributed by atoms with van der Waals surface area (Å²) in [4.78, 5) is 18.6. The molecule has 0 bridgehead atoms. The lowest BCUT2D eigenvalue weighted by Gasteiger charge is -1.99. The van der Waals surface area contributed by atoms with Crippen LogP contribution >= 0.6 is 11.6 Å². The molecular formula is C8H9ClN4O. The zero-order valence-electron chi connectivity index (χ0n) is 7.27. The van der Waals surface area contributed by atoms with Crippen LogP contribution in [0.5, 0.6) is 0 Å². The van der Waals surface area contributed by atoms with Crippen LogP contribution in [0.3, 0.4) is 0 Å². The number of nitrogens with one attached hydrogen (secondary N) is 1. The van der Waals surface area contributed by atoms with Crippen LogP contribution in [-0.4, -0.2) is 22.4 Å². The van der Waals surface area contributed by atoms with E-state index >= 15 is 0 Å². The Bertz CT molecular complexity index is 353. The SMILES string of the molecule is NC/C=C/C(=O)Nc1cc(Cl)ncn1. The van der Waals surface area contributed by atoms with E-state index in [2.05, 4.69) is 15.3 Å². The Morgan fingerprint density at radius 1 is 1.64 bits per heavy atom. The van der Waals surface area contributed by atoms with Crippen molar-refractivity contribution in [2.24, 2.45) is 5.73 Å². The van der Waals surface area contributed by atoms with E-state index in [-0.39, 0.29) is 11.1 Å². The molecule has 0 aliphatic heterocycles. The molecule has 3 N–H and O–H groups in total. The highest BCUT2D eigenvalue weighted by atomic mass is 35.5. The van der Waals surface area contributed by atoms with E-state index in [1.165, 1.54) is 24.5 Å². The Morgan fingerprint density at radius 3 is 3.07 bits per heavy atom. The second-order valence-corrected chi connectivity index (χ2v) is 2.74. The van der Waals surface area contributed by atoms with Crippen molar-refractivity contribution in [3.63, 3.8) is 0 Å². The molecule has 0 aliphatic carbocycles. The van der Waals surface area contributed by atoms with Gasteiger partial charge in [-0.05, 0) is 0 Å². The number of rotatable bonds is 3. The van der Waals surface area contributed by atoms with Crippen LogP contribution in [-0.2, 0) is 4.79 Å². The Labute approximate surface area is 86.0 Å². The summed E-state index contributed by atoms with van der Waals surface area (Å²) >= 11 is 5.59. The molecule has 0 saturated heterocycles. The maximum atomic E-state index is 11.1. The number of anilines is 1. The fraction of sp³-hybridized carbons (Fsp3) is 0.125. The summed E-state index contributed by atoms with van der Waals surface area (Å²) < 4.78 is 0. The second-order valence-electron chi connectivity index (χ2n) is 2.35. The van der Waals surface area contributed by atoms with Gasteiger partial charge in [-0.25, -0.2) is 9.97 Å². The molecule has 1 rings (SSSR count). The maximum Gasteiger partial charge on any atom is 0.249 e. The van der Waals surface area contributed by atoms with Crippen molar-refractivity contribution in [3.05, 3.63) is 29.7 Å². The van der Waals surface area contributed by atoms with E-state index < -0.39 is 0 Å². The first-order valence-corrected chi connectivity index (χ1v) is 4.25.